The molecule has 1 heterocycles. The molecular weight excluding hydrogens is 312 g/mol. The maximum Gasteiger partial charge on any atom is 0.120 e. The molecule has 1 aliphatic rings. The van der Waals surface area contributed by atoms with Gasteiger partial charge >= 0.3 is 0 Å². The Morgan fingerprint density at radius 3 is 2.48 bits per heavy atom. The number of phenols is 1. The number of piperidine rings is 1. The lowest BCUT2D eigenvalue weighted by Crippen LogP contribution is -2.35. The van der Waals surface area contributed by atoms with Gasteiger partial charge in [-0.05, 0) is 55.5 Å². The number of nitrogens with zero attached hydrogens (tertiary/aromatic N) is 1. The van der Waals surface area contributed by atoms with Crippen LogP contribution in [0.25, 0.3) is 0 Å². The third-order valence-corrected chi connectivity index (χ3v) is 5.13. The van der Waals surface area contributed by atoms with Crippen LogP contribution in [-0.2, 0) is 13.1 Å². The van der Waals surface area contributed by atoms with Gasteiger partial charge in [-0.2, -0.15) is 0 Å². The summed E-state index contributed by atoms with van der Waals surface area (Å²) in [6, 6.07) is 12.2. The highest BCUT2D eigenvalue weighted by Crippen LogP contribution is 2.25. The van der Waals surface area contributed by atoms with Gasteiger partial charge in [0, 0.05) is 37.4 Å². The number of hydrogen-bond donors (Lipinski definition) is 3. The Hall–Kier alpha value is -2.04. The lowest BCUT2D eigenvalue weighted by atomic mass is 10.0. The zero-order chi connectivity index (χ0) is 17.8. The Balaban J connectivity index is 1.68. The highest BCUT2D eigenvalue weighted by Gasteiger charge is 2.17. The number of likely N-dealkylation sites (tertiary alicyclic amines) is 1. The molecular formula is C21H28N2O2. The average molecular weight is 340 g/mol. The topological polar surface area (TPSA) is 55.7 Å². The summed E-state index contributed by atoms with van der Waals surface area (Å²) in [6.45, 7) is 7.44. The largest absolute Gasteiger partial charge is 0.508 e. The summed E-state index contributed by atoms with van der Waals surface area (Å²) < 4.78 is 0. The Morgan fingerprint density at radius 1 is 1.04 bits per heavy atom. The van der Waals surface area contributed by atoms with E-state index in [-0.39, 0.29) is 6.10 Å². The Labute approximate surface area is 150 Å². The molecule has 0 aliphatic carbocycles. The Kier molecular flexibility index (Phi) is 5.61. The standard InChI is InChI=1S/C21H28N2O2/c1-15-11-18(21(25)12-16(15)2)13-22-20-6-4-3-5-17(20)14-23-9-7-19(24)8-10-23/h3-6,11-12,19,22,24-25H,7-10,13-14H2,1-2H3. The van der Waals surface area contributed by atoms with Gasteiger partial charge in [0.25, 0.3) is 0 Å². The third-order valence-electron chi connectivity index (χ3n) is 5.13. The number of phenolic OH excluding ortho intramolecular Hbond substituents is 1. The summed E-state index contributed by atoms with van der Waals surface area (Å²) in [5, 5.41) is 23.3. The van der Waals surface area contributed by atoms with Crippen molar-refractivity contribution in [2.75, 3.05) is 18.4 Å². The number of aryl methyl sites for hydroxylation is 2. The number of rotatable bonds is 5. The van der Waals surface area contributed by atoms with Crippen LogP contribution in [-0.4, -0.2) is 34.3 Å². The highest BCUT2D eigenvalue weighted by atomic mass is 16.3. The molecule has 2 aromatic carbocycles. The molecule has 3 rings (SSSR count). The van der Waals surface area contributed by atoms with Crippen molar-refractivity contribution >= 4 is 5.69 Å². The average Bonchev–Trinajstić information content (AvgIpc) is 2.60. The van der Waals surface area contributed by atoms with Crippen molar-refractivity contribution in [1.82, 2.24) is 4.90 Å². The summed E-state index contributed by atoms with van der Waals surface area (Å²) in [5.41, 5.74) is 5.57. The molecule has 0 radical (unpaired) electrons. The zero-order valence-corrected chi connectivity index (χ0v) is 15.1. The van der Waals surface area contributed by atoms with Crippen LogP contribution >= 0.6 is 0 Å². The molecule has 0 amide bonds. The van der Waals surface area contributed by atoms with Crippen LogP contribution in [0.4, 0.5) is 5.69 Å². The Bertz CT molecular complexity index is 722. The third kappa shape index (κ3) is 4.53. The molecule has 3 N–H and O–H groups in total. The number of aliphatic hydroxyl groups excluding tert-OH is 1. The van der Waals surface area contributed by atoms with Crippen molar-refractivity contribution in [2.45, 2.75) is 45.9 Å². The van der Waals surface area contributed by atoms with E-state index in [0.717, 1.165) is 49.3 Å². The van der Waals surface area contributed by atoms with E-state index in [2.05, 4.69) is 35.3 Å². The number of nitrogens with one attached hydrogen (secondary N) is 1. The zero-order valence-electron chi connectivity index (χ0n) is 15.1. The van der Waals surface area contributed by atoms with Crippen molar-refractivity contribution in [3.63, 3.8) is 0 Å². The van der Waals surface area contributed by atoms with E-state index in [4.69, 9.17) is 0 Å². The van der Waals surface area contributed by atoms with Gasteiger partial charge in [-0.25, -0.2) is 0 Å². The van der Waals surface area contributed by atoms with E-state index >= 15 is 0 Å². The number of benzene rings is 2. The first-order valence-electron chi connectivity index (χ1n) is 9.04. The van der Waals surface area contributed by atoms with E-state index in [1.165, 1.54) is 11.1 Å². The van der Waals surface area contributed by atoms with Gasteiger partial charge in [0.2, 0.25) is 0 Å². The van der Waals surface area contributed by atoms with Crippen LogP contribution in [0.15, 0.2) is 36.4 Å². The van der Waals surface area contributed by atoms with E-state index < -0.39 is 0 Å². The van der Waals surface area contributed by atoms with Gasteiger partial charge in [0.1, 0.15) is 5.75 Å². The van der Waals surface area contributed by atoms with Gasteiger partial charge in [0.05, 0.1) is 6.10 Å². The molecule has 0 aromatic heterocycles. The lowest BCUT2D eigenvalue weighted by Gasteiger charge is -2.30. The second kappa shape index (κ2) is 7.89. The molecule has 25 heavy (non-hydrogen) atoms. The predicted molar refractivity (Wildman–Crippen MR) is 102 cm³/mol. The van der Waals surface area contributed by atoms with Gasteiger partial charge in [-0.15, -0.1) is 0 Å². The van der Waals surface area contributed by atoms with E-state index in [1.807, 2.05) is 25.1 Å². The number of aliphatic hydroxyl groups is 1. The number of aromatic hydroxyl groups is 1. The van der Waals surface area contributed by atoms with Crippen LogP contribution < -0.4 is 5.32 Å². The summed E-state index contributed by atoms with van der Waals surface area (Å²) in [7, 11) is 0. The van der Waals surface area contributed by atoms with Crippen LogP contribution in [0, 0.1) is 13.8 Å². The highest BCUT2D eigenvalue weighted by molar-refractivity contribution is 5.52. The van der Waals surface area contributed by atoms with Crippen molar-refractivity contribution in [3.8, 4) is 5.75 Å². The maximum absolute atomic E-state index is 10.2. The quantitative estimate of drug-likeness (QED) is 0.779. The van der Waals surface area contributed by atoms with Crippen molar-refractivity contribution < 1.29 is 10.2 Å². The maximum atomic E-state index is 10.2. The van der Waals surface area contributed by atoms with E-state index in [9.17, 15) is 10.2 Å². The fraction of sp³-hybridized carbons (Fsp3) is 0.429. The van der Waals surface area contributed by atoms with Crippen LogP contribution in [0.1, 0.15) is 35.1 Å². The van der Waals surface area contributed by atoms with Gasteiger partial charge < -0.3 is 15.5 Å². The molecule has 0 spiro atoms. The van der Waals surface area contributed by atoms with Crippen LogP contribution in [0.3, 0.4) is 0 Å². The molecule has 4 nitrogen and oxygen atoms in total. The summed E-state index contributed by atoms with van der Waals surface area (Å²) >= 11 is 0. The molecule has 1 fully saturated rings. The number of anilines is 1. The summed E-state index contributed by atoms with van der Waals surface area (Å²) in [6.07, 6.45) is 1.57. The first-order valence-corrected chi connectivity index (χ1v) is 9.04. The second-order valence-electron chi connectivity index (χ2n) is 7.08. The molecule has 2 aromatic rings. The minimum atomic E-state index is -0.141. The predicted octanol–water partition coefficient (Wildman–Crippen LogP) is 3.58. The fourth-order valence-corrected chi connectivity index (χ4v) is 3.34. The first kappa shape index (κ1) is 17.8. The molecule has 0 saturated carbocycles. The lowest BCUT2D eigenvalue weighted by molar-refractivity contribution is 0.0793. The van der Waals surface area contributed by atoms with E-state index in [0.29, 0.717) is 12.3 Å². The molecule has 1 saturated heterocycles. The smallest absolute Gasteiger partial charge is 0.120 e. The van der Waals surface area contributed by atoms with Crippen molar-refractivity contribution in [2.24, 2.45) is 0 Å². The van der Waals surface area contributed by atoms with Gasteiger partial charge in [0.15, 0.2) is 0 Å². The molecule has 0 bridgehead atoms. The molecule has 0 atom stereocenters. The van der Waals surface area contributed by atoms with Gasteiger partial charge in [-0.1, -0.05) is 24.3 Å². The van der Waals surface area contributed by atoms with Crippen molar-refractivity contribution in [3.05, 3.63) is 58.7 Å². The molecule has 1 aliphatic heterocycles. The van der Waals surface area contributed by atoms with Crippen LogP contribution in [0.5, 0.6) is 5.75 Å². The normalized spacial score (nSPS) is 16.1. The van der Waals surface area contributed by atoms with Crippen molar-refractivity contribution in [1.29, 1.82) is 0 Å². The first-order chi connectivity index (χ1) is 12.0. The monoisotopic (exact) mass is 340 g/mol. The Morgan fingerprint density at radius 2 is 1.72 bits per heavy atom. The van der Waals surface area contributed by atoms with Gasteiger partial charge in [-0.3, -0.25) is 4.90 Å². The van der Waals surface area contributed by atoms with Crippen LogP contribution in [0.2, 0.25) is 0 Å². The minimum Gasteiger partial charge on any atom is -0.508 e. The second-order valence-corrected chi connectivity index (χ2v) is 7.08. The fourth-order valence-electron chi connectivity index (χ4n) is 3.34. The summed E-state index contributed by atoms with van der Waals surface area (Å²) in [4.78, 5) is 2.39. The number of hydrogen-bond acceptors (Lipinski definition) is 4. The van der Waals surface area contributed by atoms with E-state index in [1.54, 1.807) is 0 Å². The summed E-state index contributed by atoms with van der Waals surface area (Å²) in [5.74, 6) is 0.345. The molecule has 0 unspecified atom stereocenters. The molecule has 134 valence electrons. The SMILES string of the molecule is Cc1cc(O)c(CNc2ccccc2CN2CCC(O)CC2)cc1C. The number of para-hydroxylation sites is 1. The molecule has 4 heteroatoms. The minimum absolute atomic E-state index is 0.141.